The molecule has 0 spiro atoms. The van der Waals surface area contributed by atoms with Gasteiger partial charge in [0, 0.05) is 0 Å². The van der Waals surface area contributed by atoms with E-state index in [0.29, 0.717) is 17.8 Å². The highest BCUT2D eigenvalue weighted by atomic mass is 16.4. The lowest BCUT2D eigenvalue weighted by Crippen LogP contribution is -2.51. The SMILES string of the molecule is C[C@]12CC[C@@H]3[C@H](CC=C4C[C@H](O)CC[C@@]43C)[C@@H]1CC[C@H]2C(=O)O. The molecule has 0 bridgehead atoms. The number of carbonyl (C=O) groups is 1. The first-order chi connectivity index (χ1) is 10.9. The van der Waals surface area contributed by atoms with Crippen LogP contribution < -0.4 is 0 Å². The first kappa shape index (κ1) is 15.7. The first-order valence-corrected chi connectivity index (χ1v) is 9.46. The van der Waals surface area contributed by atoms with Gasteiger partial charge in [0.1, 0.15) is 0 Å². The molecule has 0 saturated heterocycles. The second kappa shape index (κ2) is 5.08. The summed E-state index contributed by atoms with van der Waals surface area (Å²) in [6.45, 7) is 4.68. The highest BCUT2D eigenvalue weighted by Crippen LogP contribution is 2.66. The second-order valence-electron chi connectivity index (χ2n) is 9.17. The molecule has 3 heteroatoms. The van der Waals surface area contributed by atoms with Gasteiger partial charge >= 0.3 is 5.97 Å². The van der Waals surface area contributed by atoms with E-state index in [9.17, 15) is 15.0 Å². The Labute approximate surface area is 139 Å². The lowest BCUT2D eigenvalue weighted by Gasteiger charge is -2.57. The quantitative estimate of drug-likeness (QED) is 0.718. The van der Waals surface area contributed by atoms with Crippen LogP contribution in [0.2, 0.25) is 0 Å². The van der Waals surface area contributed by atoms with Crippen LogP contribution in [0.3, 0.4) is 0 Å². The van der Waals surface area contributed by atoms with Crippen molar-refractivity contribution >= 4 is 5.97 Å². The molecule has 4 aliphatic rings. The van der Waals surface area contributed by atoms with Gasteiger partial charge in [0.25, 0.3) is 0 Å². The Morgan fingerprint density at radius 1 is 1.13 bits per heavy atom. The third kappa shape index (κ3) is 2.08. The zero-order valence-corrected chi connectivity index (χ0v) is 14.4. The van der Waals surface area contributed by atoms with E-state index in [0.717, 1.165) is 44.9 Å². The van der Waals surface area contributed by atoms with Crippen molar-refractivity contribution in [3.8, 4) is 0 Å². The van der Waals surface area contributed by atoms with E-state index in [4.69, 9.17) is 0 Å². The number of aliphatic carboxylic acids is 1. The van der Waals surface area contributed by atoms with Gasteiger partial charge in [-0.3, -0.25) is 4.79 Å². The fraction of sp³-hybridized carbons (Fsp3) is 0.850. The molecular weight excluding hydrogens is 288 g/mol. The van der Waals surface area contributed by atoms with Crippen LogP contribution in [0.1, 0.15) is 65.2 Å². The van der Waals surface area contributed by atoms with Crippen molar-refractivity contribution in [2.75, 3.05) is 0 Å². The molecule has 0 heterocycles. The topological polar surface area (TPSA) is 57.5 Å². The summed E-state index contributed by atoms with van der Waals surface area (Å²) in [5.41, 5.74) is 1.75. The minimum atomic E-state index is -0.576. The first-order valence-electron chi connectivity index (χ1n) is 9.46. The Bertz CT molecular complexity index is 553. The van der Waals surface area contributed by atoms with Crippen LogP contribution in [0.15, 0.2) is 11.6 Å². The molecular formula is C20H30O3. The predicted octanol–water partition coefficient (Wildman–Crippen LogP) is 4.01. The third-order valence-electron chi connectivity index (χ3n) is 8.38. The minimum Gasteiger partial charge on any atom is -0.481 e. The number of fused-ring (bicyclic) bond motifs is 5. The maximum Gasteiger partial charge on any atom is 0.307 e. The molecule has 0 aliphatic heterocycles. The molecule has 4 aliphatic carbocycles. The fourth-order valence-corrected chi connectivity index (χ4v) is 7.05. The molecule has 4 rings (SSSR count). The Balaban J connectivity index is 1.66. The van der Waals surface area contributed by atoms with Crippen molar-refractivity contribution in [2.45, 2.75) is 71.3 Å². The van der Waals surface area contributed by atoms with E-state index in [-0.39, 0.29) is 22.9 Å². The Hall–Kier alpha value is -0.830. The molecule has 0 amide bonds. The van der Waals surface area contributed by atoms with Crippen LogP contribution in [0.25, 0.3) is 0 Å². The van der Waals surface area contributed by atoms with Gasteiger partial charge in [0.05, 0.1) is 12.0 Å². The van der Waals surface area contributed by atoms with Gasteiger partial charge in [0.2, 0.25) is 0 Å². The molecule has 3 saturated carbocycles. The molecule has 3 nitrogen and oxygen atoms in total. The van der Waals surface area contributed by atoms with Crippen LogP contribution >= 0.6 is 0 Å². The summed E-state index contributed by atoms with van der Waals surface area (Å²) < 4.78 is 0. The van der Waals surface area contributed by atoms with Crippen molar-refractivity contribution in [3.05, 3.63) is 11.6 Å². The Morgan fingerprint density at radius 3 is 2.65 bits per heavy atom. The molecule has 7 atom stereocenters. The maximum absolute atomic E-state index is 11.7. The summed E-state index contributed by atoms with van der Waals surface area (Å²) in [5, 5.41) is 19.7. The van der Waals surface area contributed by atoms with Crippen LogP contribution in [0.5, 0.6) is 0 Å². The zero-order chi connectivity index (χ0) is 16.4. The molecule has 23 heavy (non-hydrogen) atoms. The van der Waals surface area contributed by atoms with Gasteiger partial charge in [-0.15, -0.1) is 0 Å². The number of aliphatic hydroxyl groups is 1. The standard InChI is InChI=1S/C20H30O3/c1-19-9-7-13(21)11-12(19)3-4-14-15-5-6-17(18(22)23)20(15,2)10-8-16(14)19/h3,13-17,21H,4-11H2,1-2H3,(H,22,23)/t13-,14-,15+,16-,17+,19+,20+/m1/s1. The molecule has 0 aromatic carbocycles. The largest absolute Gasteiger partial charge is 0.481 e. The van der Waals surface area contributed by atoms with Gasteiger partial charge in [-0.1, -0.05) is 25.5 Å². The smallest absolute Gasteiger partial charge is 0.307 e. The van der Waals surface area contributed by atoms with Gasteiger partial charge in [-0.25, -0.2) is 0 Å². The summed E-state index contributed by atoms with van der Waals surface area (Å²) in [5.74, 6) is 1.21. The van der Waals surface area contributed by atoms with Crippen LogP contribution in [-0.2, 0) is 4.79 Å². The maximum atomic E-state index is 11.7. The lowest BCUT2D eigenvalue weighted by atomic mass is 9.47. The van der Waals surface area contributed by atoms with E-state index < -0.39 is 5.97 Å². The summed E-state index contributed by atoms with van der Waals surface area (Å²) in [4.78, 5) is 11.7. The van der Waals surface area contributed by atoms with E-state index in [2.05, 4.69) is 19.9 Å². The normalized spacial score (nSPS) is 52.1. The zero-order valence-electron chi connectivity index (χ0n) is 14.4. The number of hydrogen-bond donors (Lipinski definition) is 2. The predicted molar refractivity (Wildman–Crippen MR) is 88.8 cm³/mol. The summed E-state index contributed by atoms with van der Waals surface area (Å²) in [6, 6.07) is 0. The average molecular weight is 318 g/mol. The van der Waals surface area contributed by atoms with E-state index in [1.54, 1.807) is 0 Å². The average Bonchev–Trinajstić information content (AvgIpc) is 2.85. The highest BCUT2D eigenvalue weighted by molar-refractivity contribution is 5.71. The van der Waals surface area contributed by atoms with Gasteiger partial charge < -0.3 is 10.2 Å². The van der Waals surface area contributed by atoms with E-state index in [1.807, 2.05) is 0 Å². The summed E-state index contributed by atoms with van der Waals surface area (Å²) in [6.07, 6.45) is 10.5. The lowest BCUT2D eigenvalue weighted by molar-refractivity contribution is -0.148. The molecule has 0 radical (unpaired) electrons. The Kier molecular flexibility index (Phi) is 3.46. The number of aliphatic hydroxyl groups excluding tert-OH is 1. The summed E-state index contributed by atoms with van der Waals surface area (Å²) in [7, 11) is 0. The van der Waals surface area contributed by atoms with Crippen molar-refractivity contribution in [1.82, 2.24) is 0 Å². The minimum absolute atomic E-state index is 0.00286. The van der Waals surface area contributed by atoms with Gasteiger partial charge in [0.15, 0.2) is 0 Å². The molecule has 0 aromatic rings. The van der Waals surface area contributed by atoms with E-state index in [1.165, 1.54) is 12.0 Å². The van der Waals surface area contributed by atoms with Crippen molar-refractivity contribution < 1.29 is 15.0 Å². The van der Waals surface area contributed by atoms with Crippen LogP contribution in [0, 0.1) is 34.5 Å². The third-order valence-corrected chi connectivity index (χ3v) is 8.38. The van der Waals surface area contributed by atoms with Crippen molar-refractivity contribution in [2.24, 2.45) is 34.5 Å². The highest BCUT2D eigenvalue weighted by Gasteiger charge is 2.59. The Morgan fingerprint density at radius 2 is 1.91 bits per heavy atom. The number of rotatable bonds is 1. The monoisotopic (exact) mass is 318 g/mol. The second-order valence-corrected chi connectivity index (χ2v) is 9.17. The number of hydrogen-bond acceptors (Lipinski definition) is 2. The summed E-state index contributed by atoms with van der Waals surface area (Å²) >= 11 is 0. The molecule has 2 N–H and O–H groups in total. The van der Waals surface area contributed by atoms with Crippen molar-refractivity contribution in [1.29, 1.82) is 0 Å². The number of carboxylic acids is 1. The van der Waals surface area contributed by atoms with E-state index >= 15 is 0 Å². The number of carboxylic acid groups (broad SMARTS) is 1. The number of allylic oxidation sites excluding steroid dienone is 1. The van der Waals surface area contributed by atoms with Crippen molar-refractivity contribution in [3.63, 3.8) is 0 Å². The molecule has 128 valence electrons. The van der Waals surface area contributed by atoms with Gasteiger partial charge in [-0.2, -0.15) is 0 Å². The molecule has 0 aromatic heterocycles. The van der Waals surface area contributed by atoms with Crippen LogP contribution in [0.4, 0.5) is 0 Å². The molecule has 3 fully saturated rings. The molecule has 0 unspecified atom stereocenters. The van der Waals surface area contributed by atoms with Gasteiger partial charge in [-0.05, 0) is 80.0 Å². The fourth-order valence-electron chi connectivity index (χ4n) is 7.05. The van der Waals surface area contributed by atoms with Crippen LogP contribution in [-0.4, -0.2) is 22.3 Å².